The van der Waals surface area contributed by atoms with E-state index in [2.05, 4.69) is 10.5 Å². The van der Waals surface area contributed by atoms with Crippen LogP contribution in [0.15, 0.2) is 50.6 Å². The molecule has 2 heterocycles. The number of fused-ring (bicyclic) bond motifs is 1. The number of ether oxygens (including phenoxy) is 2. The summed E-state index contributed by atoms with van der Waals surface area (Å²) in [5.74, 6) is -1.83. The van der Waals surface area contributed by atoms with Crippen molar-refractivity contribution in [1.29, 1.82) is 0 Å². The van der Waals surface area contributed by atoms with Gasteiger partial charge < -0.3 is 24.2 Å². The average Bonchev–Trinajstić information content (AvgIpc) is 3.11. The van der Waals surface area contributed by atoms with E-state index in [9.17, 15) is 23.2 Å². The molecule has 1 aromatic heterocycles. The van der Waals surface area contributed by atoms with Gasteiger partial charge >= 0.3 is 0 Å². The van der Waals surface area contributed by atoms with Gasteiger partial charge in [-0.25, -0.2) is 18.8 Å². The van der Waals surface area contributed by atoms with Crippen LogP contribution in [0.1, 0.15) is 17.4 Å². The van der Waals surface area contributed by atoms with Crippen molar-refractivity contribution < 1.29 is 32.4 Å². The number of hydrogen-bond donors (Lipinski definition) is 2. The predicted octanol–water partition coefficient (Wildman–Crippen LogP) is 3.45. The zero-order valence-corrected chi connectivity index (χ0v) is 21.5. The Morgan fingerprint density at radius 2 is 1.86 bits per heavy atom. The third-order valence-electron chi connectivity index (χ3n) is 5.76. The first-order valence-electron chi connectivity index (χ1n) is 11.2. The van der Waals surface area contributed by atoms with Gasteiger partial charge in [-0.15, -0.1) is 0 Å². The zero-order valence-electron chi connectivity index (χ0n) is 20.7. The smallest absolute Gasteiger partial charge is 0.280 e. The number of aromatic amines is 1. The molecular formula is C25H27F2N3O6S. The van der Waals surface area contributed by atoms with E-state index in [-0.39, 0.29) is 35.9 Å². The maximum Gasteiger partial charge on any atom is 0.280 e. The Hall–Kier alpha value is -3.80. The van der Waals surface area contributed by atoms with Crippen molar-refractivity contribution in [3.05, 3.63) is 69.7 Å². The van der Waals surface area contributed by atoms with Crippen LogP contribution in [0, 0.1) is 11.6 Å². The first kappa shape index (κ1) is 26.3. The molecule has 37 heavy (non-hydrogen) atoms. The van der Waals surface area contributed by atoms with Gasteiger partial charge in [0.05, 0.1) is 25.0 Å². The molecule has 198 valence electrons. The van der Waals surface area contributed by atoms with Gasteiger partial charge in [0.25, 0.3) is 11.5 Å². The number of hydrogen-bond acceptors (Lipinski definition) is 6. The summed E-state index contributed by atoms with van der Waals surface area (Å²) in [4.78, 5) is 39.5. The van der Waals surface area contributed by atoms with E-state index >= 15 is 0 Å². The van der Waals surface area contributed by atoms with Crippen LogP contribution in [0.4, 0.5) is 14.5 Å². The Balaban J connectivity index is 1.71. The summed E-state index contributed by atoms with van der Waals surface area (Å²) in [5.41, 5.74) is -0.230. The van der Waals surface area contributed by atoms with Gasteiger partial charge in [-0.3, -0.25) is 14.4 Å². The fraction of sp³-hybridized carbons (Fsp3) is 0.320. The molecule has 0 saturated carbocycles. The highest BCUT2D eigenvalue weighted by Crippen LogP contribution is 2.48. The lowest BCUT2D eigenvalue weighted by atomic mass is 10.0. The highest BCUT2D eigenvalue weighted by Gasteiger charge is 2.36. The summed E-state index contributed by atoms with van der Waals surface area (Å²) in [7, 11) is -0.226. The maximum atomic E-state index is 14.8. The molecule has 2 N–H and O–H groups in total. The number of carbonyl (C=O) groups is 2. The molecule has 0 aliphatic carbocycles. The molecule has 4 rings (SSSR count). The molecule has 1 aliphatic rings. The Morgan fingerprint density at radius 1 is 1.16 bits per heavy atom. The fourth-order valence-corrected chi connectivity index (χ4v) is 5.47. The van der Waals surface area contributed by atoms with E-state index < -0.39 is 45.1 Å². The lowest BCUT2D eigenvalue weighted by Crippen LogP contribution is -2.42. The average molecular weight is 536 g/mol. The molecule has 9 nitrogen and oxygen atoms in total. The molecule has 0 radical (unpaired) electrons. The van der Waals surface area contributed by atoms with E-state index in [4.69, 9.17) is 14.0 Å². The molecule has 0 saturated heterocycles. The monoisotopic (exact) mass is 535 g/mol. The molecule has 1 aliphatic heterocycles. The minimum atomic E-state index is -1.71. The van der Waals surface area contributed by atoms with Crippen LogP contribution in [0.3, 0.4) is 0 Å². The number of amides is 2. The van der Waals surface area contributed by atoms with Crippen molar-refractivity contribution in [2.45, 2.75) is 17.4 Å². The summed E-state index contributed by atoms with van der Waals surface area (Å²) < 4.78 is 45.7. The minimum Gasteiger partial charge on any atom is -0.497 e. The highest BCUT2D eigenvalue weighted by molar-refractivity contribution is 8.32. The standard InChI is InChI=1S/C25H27F2N3O6S/c1-34-15-5-6-17-20(11-15)35-8-7-30(22(32)13-16-12-21(31)29-36-16)23(17)25(33)28-14-9-18(26)24(19(27)10-14)37(2,3)4/h5-6,9-12,23H,7-8,13H2,1-4H3,(H,28,33)(H,29,31)/t23-/m1/s1. The second kappa shape index (κ2) is 10.3. The third kappa shape index (κ3) is 5.63. The maximum absolute atomic E-state index is 14.8. The minimum absolute atomic E-state index is 0.0180. The second-order valence-corrected chi connectivity index (χ2v) is 13.3. The summed E-state index contributed by atoms with van der Waals surface area (Å²) in [6.45, 7) is 0.0939. The quantitative estimate of drug-likeness (QED) is 0.500. The number of anilines is 1. The lowest BCUT2D eigenvalue weighted by molar-refractivity contribution is -0.138. The first-order chi connectivity index (χ1) is 17.5. The summed E-state index contributed by atoms with van der Waals surface area (Å²) in [6, 6.07) is 6.87. The molecule has 1 atom stereocenters. The highest BCUT2D eigenvalue weighted by atomic mass is 32.3. The number of halogens is 2. The number of nitrogens with zero attached hydrogens (tertiary/aromatic N) is 1. The van der Waals surface area contributed by atoms with Crippen molar-refractivity contribution in [2.75, 3.05) is 44.3 Å². The zero-order chi connectivity index (χ0) is 26.9. The Labute approximate surface area is 213 Å². The van der Waals surface area contributed by atoms with Crippen molar-refractivity contribution in [3.63, 3.8) is 0 Å². The number of H-pyrrole nitrogens is 1. The van der Waals surface area contributed by atoms with Gasteiger partial charge in [0, 0.05) is 23.4 Å². The van der Waals surface area contributed by atoms with Gasteiger partial charge in [-0.1, -0.05) is 0 Å². The van der Waals surface area contributed by atoms with Crippen molar-refractivity contribution in [2.24, 2.45) is 0 Å². The summed E-state index contributed by atoms with van der Waals surface area (Å²) >= 11 is 0. The molecule has 3 aromatic rings. The van der Waals surface area contributed by atoms with Crippen LogP contribution in [0.25, 0.3) is 0 Å². The molecule has 2 aromatic carbocycles. The van der Waals surface area contributed by atoms with E-state index in [0.29, 0.717) is 17.1 Å². The van der Waals surface area contributed by atoms with Crippen molar-refractivity contribution >= 4 is 27.5 Å². The van der Waals surface area contributed by atoms with Crippen LogP contribution in [0.5, 0.6) is 11.5 Å². The fourth-order valence-electron chi connectivity index (χ4n) is 4.18. The van der Waals surface area contributed by atoms with Gasteiger partial charge in [0.15, 0.2) is 0 Å². The second-order valence-electron chi connectivity index (χ2n) is 9.19. The Morgan fingerprint density at radius 3 is 2.46 bits per heavy atom. The topological polar surface area (TPSA) is 114 Å². The van der Waals surface area contributed by atoms with Crippen LogP contribution in [-0.2, 0) is 16.0 Å². The number of carbonyl (C=O) groups excluding carboxylic acids is 2. The number of benzene rings is 2. The molecule has 0 spiro atoms. The summed E-state index contributed by atoms with van der Waals surface area (Å²) in [6.07, 6.45) is 5.00. The molecule has 0 fully saturated rings. The number of methoxy groups -OCH3 is 1. The van der Waals surface area contributed by atoms with Crippen LogP contribution in [-0.4, -0.2) is 60.9 Å². The van der Waals surface area contributed by atoms with E-state index in [0.717, 1.165) is 18.2 Å². The Bertz CT molecular complexity index is 1370. The largest absolute Gasteiger partial charge is 0.497 e. The van der Waals surface area contributed by atoms with Crippen molar-refractivity contribution in [1.82, 2.24) is 10.1 Å². The van der Waals surface area contributed by atoms with Gasteiger partial charge in [0.2, 0.25) is 5.91 Å². The van der Waals surface area contributed by atoms with Crippen LogP contribution < -0.4 is 20.3 Å². The van der Waals surface area contributed by atoms with Gasteiger partial charge in [-0.2, -0.15) is 5.16 Å². The number of nitrogens with one attached hydrogen (secondary N) is 2. The van der Waals surface area contributed by atoms with Gasteiger partial charge in [0.1, 0.15) is 41.5 Å². The molecule has 2 amide bonds. The Kier molecular flexibility index (Phi) is 7.30. The SMILES string of the molecule is COc1ccc2c(c1)OCCN(C(=O)Cc1cc(=O)[nH]o1)[C@H]2C(=O)Nc1cc(F)c(S(C)(C)C)c(F)c1. The van der Waals surface area contributed by atoms with Crippen molar-refractivity contribution in [3.8, 4) is 11.5 Å². The lowest BCUT2D eigenvalue weighted by Gasteiger charge is -2.29. The van der Waals surface area contributed by atoms with E-state index in [1.165, 1.54) is 12.0 Å². The van der Waals surface area contributed by atoms with E-state index in [1.807, 2.05) is 0 Å². The van der Waals surface area contributed by atoms with Crippen LogP contribution >= 0.6 is 10.0 Å². The predicted molar refractivity (Wildman–Crippen MR) is 135 cm³/mol. The molecule has 0 unspecified atom stereocenters. The van der Waals surface area contributed by atoms with Crippen LogP contribution in [0.2, 0.25) is 0 Å². The number of rotatable bonds is 6. The molecule has 0 bridgehead atoms. The van der Waals surface area contributed by atoms with E-state index in [1.54, 1.807) is 37.0 Å². The third-order valence-corrected chi connectivity index (χ3v) is 7.38. The normalized spacial score (nSPS) is 15.8. The summed E-state index contributed by atoms with van der Waals surface area (Å²) in [5, 5.41) is 4.67. The first-order valence-corrected chi connectivity index (χ1v) is 14.1. The van der Waals surface area contributed by atoms with Gasteiger partial charge in [-0.05, 0) is 43.0 Å². The molecular weight excluding hydrogens is 508 g/mol. The molecule has 12 heteroatoms. The number of aromatic nitrogens is 1.